The number of halogens is 1. The van der Waals surface area contributed by atoms with Crippen molar-refractivity contribution in [2.75, 3.05) is 13.1 Å². The van der Waals surface area contributed by atoms with Crippen LogP contribution in [0, 0.1) is 12.8 Å². The number of piperidine rings is 1. The number of benzene rings is 3. The molecule has 1 aliphatic rings. The predicted octanol–water partition coefficient (Wildman–Crippen LogP) is 4.95. The zero-order valence-electron chi connectivity index (χ0n) is 18.4. The van der Waals surface area contributed by atoms with Gasteiger partial charge in [-0.3, -0.25) is 4.79 Å². The van der Waals surface area contributed by atoms with Crippen molar-refractivity contribution in [2.45, 2.75) is 30.7 Å². The minimum atomic E-state index is -3.55. The highest BCUT2D eigenvalue weighted by atomic mass is 35.5. The maximum Gasteiger partial charge on any atom is 0.243 e. The van der Waals surface area contributed by atoms with Crippen LogP contribution in [0.2, 0.25) is 5.02 Å². The first-order valence-corrected chi connectivity index (χ1v) is 12.8. The van der Waals surface area contributed by atoms with Gasteiger partial charge in [0.1, 0.15) is 0 Å². The van der Waals surface area contributed by atoms with Gasteiger partial charge >= 0.3 is 0 Å². The minimum absolute atomic E-state index is 0.0730. The molecule has 1 N–H and O–H groups in total. The van der Waals surface area contributed by atoms with Crippen LogP contribution >= 0.6 is 11.6 Å². The Balaban J connectivity index is 1.45. The van der Waals surface area contributed by atoms with Gasteiger partial charge in [0.15, 0.2) is 0 Å². The van der Waals surface area contributed by atoms with Crippen LogP contribution < -0.4 is 5.32 Å². The van der Waals surface area contributed by atoms with Crippen LogP contribution in [0.1, 0.15) is 35.6 Å². The van der Waals surface area contributed by atoms with E-state index in [1.54, 1.807) is 30.3 Å². The lowest BCUT2D eigenvalue weighted by atomic mass is 9.94. The van der Waals surface area contributed by atoms with E-state index in [9.17, 15) is 13.2 Å². The Kier molecular flexibility index (Phi) is 7.17. The van der Waals surface area contributed by atoms with Crippen LogP contribution in [0.4, 0.5) is 0 Å². The fourth-order valence-corrected chi connectivity index (χ4v) is 5.84. The van der Waals surface area contributed by atoms with Gasteiger partial charge in [0.2, 0.25) is 15.9 Å². The monoisotopic (exact) mass is 482 g/mol. The Morgan fingerprint density at radius 1 is 0.939 bits per heavy atom. The maximum atomic E-state index is 13.2. The molecule has 1 amide bonds. The Bertz CT molecular complexity index is 1210. The first kappa shape index (κ1) is 23.5. The number of hydrogen-bond acceptors (Lipinski definition) is 3. The van der Waals surface area contributed by atoms with Gasteiger partial charge < -0.3 is 5.32 Å². The van der Waals surface area contributed by atoms with Crippen molar-refractivity contribution in [2.24, 2.45) is 5.92 Å². The second kappa shape index (κ2) is 10.1. The molecule has 0 bridgehead atoms. The van der Waals surface area contributed by atoms with Crippen LogP contribution in [0.5, 0.6) is 0 Å². The van der Waals surface area contributed by atoms with Crippen molar-refractivity contribution in [3.05, 3.63) is 101 Å². The van der Waals surface area contributed by atoms with E-state index in [1.807, 2.05) is 55.5 Å². The average Bonchev–Trinajstić information content (AvgIpc) is 2.83. The summed E-state index contributed by atoms with van der Waals surface area (Å²) in [5.74, 6) is -0.323. The predicted molar refractivity (Wildman–Crippen MR) is 131 cm³/mol. The van der Waals surface area contributed by atoms with Crippen LogP contribution in [0.25, 0.3) is 0 Å². The molecule has 0 spiro atoms. The highest BCUT2D eigenvalue weighted by Gasteiger charge is 2.33. The standard InChI is InChI=1S/C26H27ClN2O3S/c1-19-10-12-24(13-11-19)33(31,32)29-16-14-21(15-17-29)26(30)28-25(20-6-3-2-4-7-20)22-8-5-9-23(27)18-22/h2-13,18,21,25H,14-17H2,1H3,(H,28,30). The van der Waals surface area contributed by atoms with E-state index in [0.717, 1.165) is 16.7 Å². The third-order valence-electron chi connectivity index (χ3n) is 6.08. The number of aryl methyl sites for hydroxylation is 1. The number of hydrogen-bond donors (Lipinski definition) is 1. The highest BCUT2D eigenvalue weighted by molar-refractivity contribution is 7.89. The number of nitrogens with one attached hydrogen (secondary N) is 1. The molecule has 0 aromatic heterocycles. The van der Waals surface area contributed by atoms with Crippen molar-refractivity contribution in [1.82, 2.24) is 9.62 Å². The molecule has 1 unspecified atom stereocenters. The van der Waals surface area contributed by atoms with Gasteiger partial charge in [-0.25, -0.2) is 8.42 Å². The summed E-state index contributed by atoms with van der Waals surface area (Å²) in [6, 6.07) is 23.8. The van der Waals surface area contributed by atoms with Gasteiger partial charge in [-0.05, 0) is 55.2 Å². The largest absolute Gasteiger partial charge is 0.345 e. The third kappa shape index (κ3) is 5.46. The molecule has 33 heavy (non-hydrogen) atoms. The van der Waals surface area contributed by atoms with E-state index < -0.39 is 10.0 Å². The summed E-state index contributed by atoms with van der Waals surface area (Å²) < 4.78 is 27.4. The summed E-state index contributed by atoms with van der Waals surface area (Å²) in [6.45, 7) is 2.57. The van der Waals surface area contributed by atoms with Crippen LogP contribution in [0.3, 0.4) is 0 Å². The molecule has 0 saturated carbocycles. The van der Waals surface area contributed by atoms with E-state index >= 15 is 0 Å². The van der Waals surface area contributed by atoms with Gasteiger partial charge in [-0.15, -0.1) is 0 Å². The Hall–Kier alpha value is -2.67. The fraction of sp³-hybridized carbons (Fsp3) is 0.269. The van der Waals surface area contributed by atoms with E-state index in [4.69, 9.17) is 11.6 Å². The highest BCUT2D eigenvalue weighted by Crippen LogP contribution is 2.28. The normalized spacial score (nSPS) is 16.3. The Labute approximate surface area is 200 Å². The van der Waals surface area contributed by atoms with Crippen molar-refractivity contribution in [3.8, 4) is 0 Å². The zero-order chi connectivity index (χ0) is 23.4. The molecular weight excluding hydrogens is 456 g/mol. The molecule has 1 heterocycles. The van der Waals surface area contributed by atoms with Gasteiger partial charge in [0, 0.05) is 24.0 Å². The smallest absolute Gasteiger partial charge is 0.243 e. The van der Waals surface area contributed by atoms with Gasteiger partial charge in [-0.2, -0.15) is 4.31 Å². The molecular formula is C26H27ClN2O3S. The summed E-state index contributed by atoms with van der Waals surface area (Å²) in [5, 5.41) is 3.78. The molecule has 5 nitrogen and oxygen atoms in total. The molecule has 1 saturated heterocycles. The maximum absolute atomic E-state index is 13.2. The first-order valence-electron chi connectivity index (χ1n) is 11.0. The van der Waals surface area contributed by atoms with E-state index in [-0.39, 0.29) is 17.9 Å². The van der Waals surface area contributed by atoms with Crippen LogP contribution in [-0.2, 0) is 14.8 Å². The molecule has 7 heteroatoms. The third-order valence-corrected chi connectivity index (χ3v) is 8.23. The molecule has 3 aromatic carbocycles. The molecule has 0 radical (unpaired) electrons. The summed E-state index contributed by atoms with van der Waals surface area (Å²) in [4.78, 5) is 13.5. The van der Waals surface area contributed by atoms with Crippen LogP contribution in [-0.4, -0.2) is 31.7 Å². The molecule has 0 aliphatic carbocycles. The van der Waals surface area contributed by atoms with E-state index in [1.165, 1.54) is 4.31 Å². The van der Waals surface area contributed by atoms with Crippen molar-refractivity contribution in [3.63, 3.8) is 0 Å². The average molecular weight is 483 g/mol. The van der Waals surface area contributed by atoms with Crippen molar-refractivity contribution in [1.29, 1.82) is 0 Å². The SMILES string of the molecule is Cc1ccc(S(=O)(=O)N2CCC(C(=O)NC(c3ccccc3)c3cccc(Cl)c3)CC2)cc1. The molecule has 1 atom stereocenters. The quantitative estimate of drug-likeness (QED) is 0.540. The number of carbonyl (C=O) groups excluding carboxylic acids is 1. The number of amides is 1. The lowest BCUT2D eigenvalue weighted by molar-refractivity contribution is -0.126. The second-order valence-corrected chi connectivity index (χ2v) is 10.8. The van der Waals surface area contributed by atoms with Crippen LogP contribution in [0.15, 0.2) is 83.8 Å². The Morgan fingerprint density at radius 2 is 1.58 bits per heavy atom. The van der Waals surface area contributed by atoms with E-state index in [2.05, 4.69) is 5.32 Å². The van der Waals surface area contributed by atoms with E-state index in [0.29, 0.717) is 35.8 Å². The molecule has 3 aromatic rings. The summed E-state index contributed by atoms with van der Waals surface area (Å²) in [5.41, 5.74) is 2.88. The summed E-state index contributed by atoms with van der Waals surface area (Å²) in [6.07, 6.45) is 0.960. The van der Waals surface area contributed by atoms with Gasteiger partial charge in [-0.1, -0.05) is 71.8 Å². The molecule has 1 fully saturated rings. The second-order valence-electron chi connectivity index (χ2n) is 8.40. The number of nitrogens with zero attached hydrogens (tertiary/aromatic N) is 1. The van der Waals surface area contributed by atoms with Crippen molar-refractivity contribution >= 4 is 27.5 Å². The topological polar surface area (TPSA) is 66.5 Å². The minimum Gasteiger partial charge on any atom is -0.345 e. The Morgan fingerprint density at radius 3 is 2.21 bits per heavy atom. The lowest BCUT2D eigenvalue weighted by Crippen LogP contribution is -2.43. The molecule has 1 aliphatic heterocycles. The number of sulfonamides is 1. The van der Waals surface area contributed by atoms with Gasteiger partial charge in [0.05, 0.1) is 10.9 Å². The van der Waals surface area contributed by atoms with Gasteiger partial charge in [0.25, 0.3) is 0 Å². The first-order chi connectivity index (χ1) is 15.8. The van der Waals surface area contributed by atoms with Crippen molar-refractivity contribution < 1.29 is 13.2 Å². The molecule has 4 rings (SSSR count). The number of rotatable bonds is 6. The fourth-order valence-electron chi connectivity index (χ4n) is 4.17. The lowest BCUT2D eigenvalue weighted by Gasteiger charge is -2.31. The number of carbonyl (C=O) groups is 1. The molecule has 172 valence electrons. The zero-order valence-corrected chi connectivity index (χ0v) is 20.0. The summed E-state index contributed by atoms with van der Waals surface area (Å²) >= 11 is 6.20. The summed E-state index contributed by atoms with van der Waals surface area (Å²) in [7, 11) is -3.55.